The van der Waals surface area contributed by atoms with Crippen LogP contribution in [-0.4, -0.2) is 16.3 Å². The van der Waals surface area contributed by atoms with Crippen LogP contribution in [0.25, 0.3) is 0 Å². The van der Waals surface area contributed by atoms with Crippen molar-refractivity contribution in [3.8, 4) is 0 Å². The number of amidine groups is 1. The standard InChI is InChI=1S/C15H14F2N4O/c1-15(10-4-8(14(19)22)2-3-11(10)17)7-21-6-9(16)5-12(21)13(18)20-15/h2-6H,7H2,1H3,(H2,18,20)(H2,19,22). The number of nitrogens with zero attached hydrogens (tertiary/aromatic N) is 2. The fourth-order valence-electron chi connectivity index (χ4n) is 2.75. The third-order valence-electron chi connectivity index (χ3n) is 3.80. The molecule has 1 unspecified atom stereocenters. The van der Waals surface area contributed by atoms with Gasteiger partial charge in [0, 0.05) is 23.4 Å². The Labute approximate surface area is 125 Å². The van der Waals surface area contributed by atoms with Crippen molar-refractivity contribution in [2.45, 2.75) is 19.0 Å². The number of amides is 1. The van der Waals surface area contributed by atoms with Crippen LogP contribution in [0.2, 0.25) is 0 Å². The summed E-state index contributed by atoms with van der Waals surface area (Å²) < 4.78 is 29.2. The highest BCUT2D eigenvalue weighted by Crippen LogP contribution is 2.34. The summed E-state index contributed by atoms with van der Waals surface area (Å²) in [5.41, 5.74) is 10.9. The lowest BCUT2D eigenvalue weighted by Crippen LogP contribution is -2.37. The molecule has 0 saturated carbocycles. The van der Waals surface area contributed by atoms with Gasteiger partial charge >= 0.3 is 0 Å². The van der Waals surface area contributed by atoms with E-state index in [0.29, 0.717) is 5.69 Å². The first-order chi connectivity index (χ1) is 10.3. The molecule has 0 radical (unpaired) electrons. The van der Waals surface area contributed by atoms with Gasteiger partial charge in [-0.15, -0.1) is 0 Å². The molecule has 1 aromatic heterocycles. The minimum absolute atomic E-state index is 0.113. The van der Waals surface area contributed by atoms with Crippen molar-refractivity contribution in [1.82, 2.24) is 4.57 Å². The fraction of sp³-hybridized carbons (Fsp3) is 0.200. The first-order valence-electron chi connectivity index (χ1n) is 6.61. The van der Waals surface area contributed by atoms with Crippen LogP contribution >= 0.6 is 0 Å². The Morgan fingerprint density at radius 2 is 2.09 bits per heavy atom. The molecule has 114 valence electrons. The Bertz CT molecular complexity index is 812. The highest BCUT2D eigenvalue weighted by Gasteiger charge is 2.35. The summed E-state index contributed by atoms with van der Waals surface area (Å²) in [4.78, 5) is 15.6. The molecule has 1 amide bonds. The minimum Gasteiger partial charge on any atom is -0.382 e. The maximum Gasteiger partial charge on any atom is 0.248 e. The average molecular weight is 304 g/mol. The van der Waals surface area contributed by atoms with E-state index in [9.17, 15) is 13.6 Å². The van der Waals surface area contributed by atoms with Gasteiger partial charge in [-0.1, -0.05) is 0 Å². The number of hydrogen-bond acceptors (Lipinski definition) is 3. The van der Waals surface area contributed by atoms with Crippen LogP contribution in [0.1, 0.15) is 28.5 Å². The van der Waals surface area contributed by atoms with Crippen LogP contribution in [0.15, 0.2) is 35.5 Å². The number of benzene rings is 1. The van der Waals surface area contributed by atoms with Crippen LogP contribution in [-0.2, 0) is 12.1 Å². The molecule has 22 heavy (non-hydrogen) atoms. The predicted molar refractivity (Wildman–Crippen MR) is 77.4 cm³/mol. The first kappa shape index (κ1) is 14.2. The van der Waals surface area contributed by atoms with E-state index in [1.54, 1.807) is 11.5 Å². The molecule has 5 nitrogen and oxygen atoms in total. The zero-order valence-corrected chi connectivity index (χ0v) is 11.8. The van der Waals surface area contributed by atoms with Crippen LogP contribution in [0.3, 0.4) is 0 Å². The summed E-state index contributed by atoms with van der Waals surface area (Å²) in [7, 11) is 0. The molecule has 1 aliphatic heterocycles. The second kappa shape index (κ2) is 4.66. The smallest absolute Gasteiger partial charge is 0.248 e. The highest BCUT2D eigenvalue weighted by molar-refractivity contribution is 5.97. The summed E-state index contributed by atoms with van der Waals surface area (Å²) >= 11 is 0. The SMILES string of the molecule is CC1(c2cc(C(N)=O)ccc2F)Cn2cc(F)cc2C(N)=N1. The highest BCUT2D eigenvalue weighted by atomic mass is 19.1. The van der Waals surface area contributed by atoms with E-state index in [0.717, 1.165) is 6.07 Å². The van der Waals surface area contributed by atoms with Gasteiger partial charge in [0.25, 0.3) is 0 Å². The van der Waals surface area contributed by atoms with E-state index in [1.165, 1.54) is 24.4 Å². The molecule has 1 aliphatic rings. The van der Waals surface area contributed by atoms with E-state index in [4.69, 9.17) is 11.5 Å². The second-order valence-corrected chi connectivity index (χ2v) is 5.50. The zero-order chi connectivity index (χ0) is 16.1. The van der Waals surface area contributed by atoms with Gasteiger partial charge in [0.15, 0.2) is 0 Å². The summed E-state index contributed by atoms with van der Waals surface area (Å²) in [5, 5.41) is 0. The monoisotopic (exact) mass is 304 g/mol. The lowest BCUT2D eigenvalue weighted by Gasteiger charge is -2.32. The van der Waals surface area contributed by atoms with Crippen molar-refractivity contribution >= 4 is 11.7 Å². The van der Waals surface area contributed by atoms with Gasteiger partial charge in [0.2, 0.25) is 5.91 Å². The summed E-state index contributed by atoms with van der Waals surface area (Å²) in [5.74, 6) is -1.52. The Hall–Kier alpha value is -2.70. The van der Waals surface area contributed by atoms with Crippen molar-refractivity contribution in [2.75, 3.05) is 0 Å². The molecular formula is C15H14F2N4O. The summed E-state index contributed by atoms with van der Waals surface area (Å²) in [6.07, 6.45) is 1.28. The number of aliphatic imine (C=N–C) groups is 1. The molecule has 0 fully saturated rings. The Morgan fingerprint density at radius 1 is 1.36 bits per heavy atom. The minimum atomic E-state index is -1.06. The molecule has 2 aromatic rings. The Kier molecular flexibility index (Phi) is 3.01. The zero-order valence-electron chi connectivity index (χ0n) is 11.8. The van der Waals surface area contributed by atoms with Crippen molar-refractivity contribution in [2.24, 2.45) is 16.5 Å². The number of halogens is 2. The van der Waals surface area contributed by atoms with Gasteiger partial charge in [-0.2, -0.15) is 0 Å². The summed E-state index contributed by atoms with van der Waals surface area (Å²) in [6.45, 7) is 1.87. The maximum absolute atomic E-state index is 14.2. The van der Waals surface area contributed by atoms with Crippen LogP contribution in [0.4, 0.5) is 8.78 Å². The summed E-state index contributed by atoms with van der Waals surface area (Å²) in [6, 6.07) is 5.10. The molecule has 3 rings (SSSR count). The molecule has 4 N–H and O–H groups in total. The van der Waals surface area contributed by atoms with E-state index < -0.39 is 23.1 Å². The molecule has 7 heteroatoms. The van der Waals surface area contributed by atoms with Crippen molar-refractivity contribution in [3.05, 3.63) is 58.9 Å². The molecule has 0 spiro atoms. The Balaban J connectivity index is 2.14. The molecule has 0 saturated heterocycles. The van der Waals surface area contributed by atoms with E-state index in [-0.39, 0.29) is 23.5 Å². The predicted octanol–water partition coefficient (Wildman–Crippen LogP) is 1.50. The molecule has 0 aliphatic carbocycles. The number of rotatable bonds is 2. The van der Waals surface area contributed by atoms with Crippen LogP contribution in [0, 0.1) is 11.6 Å². The third-order valence-corrected chi connectivity index (χ3v) is 3.80. The van der Waals surface area contributed by atoms with Gasteiger partial charge in [-0.3, -0.25) is 9.79 Å². The van der Waals surface area contributed by atoms with Gasteiger partial charge in [-0.05, 0) is 25.1 Å². The molecule has 1 aromatic carbocycles. The molecule has 1 atom stereocenters. The number of carbonyl (C=O) groups is 1. The number of primary amides is 1. The number of hydrogen-bond donors (Lipinski definition) is 2. The van der Waals surface area contributed by atoms with E-state index >= 15 is 0 Å². The molecule has 0 bridgehead atoms. The third kappa shape index (κ3) is 2.14. The maximum atomic E-state index is 14.2. The van der Waals surface area contributed by atoms with Crippen molar-refractivity contribution in [3.63, 3.8) is 0 Å². The van der Waals surface area contributed by atoms with Crippen LogP contribution in [0.5, 0.6) is 0 Å². The number of carbonyl (C=O) groups excluding carboxylic acids is 1. The topological polar surface area (TPSA) is 86.4 Å². The van der Waals surface area contributed by atoms with Gasteiger partial charge < -0.3 is 16.0 Å². The normalized spacial score (nSPS) is 20.4. The quantitative estimate of drug-likeness (QED) is 0.881. The Morgan fingerprint density at radius 3 is 2.77 bits per heavy atom. The van der Waals surface area contributed by atoms with Gasteiger partial charge in [-0.25, -0.2) is 8.78 Å². The number of nitrogens with two attached hydrogens (primary N) is 2. The number of aromatic nitrogens is 1. The van der Waals surface area contributed by atoms with E-state index in [1.807, 2.05) is 0 Å². The second-order valence-electron chi connectivity index (χ2n) is 5.50. The van der Waals surface area contributed by atoms with Crippen molar-refractivity contribution in [1.29, 1.82) is 0 Å². The fourth-order valence-corrected chi connectivity index (χ4v) is 2.75. The molecular weight excluding hydrogens is 290 g/mol. The van der Waals surface area contributed by atoms with Gasteiger partial charge in [0.1, 0.15) is 23.0 Å². The van der Waals surface area contributed by atoms with E-state index in [2.05, 4.69) is 4.99 Å². The molecule has 2 heterocycles. The number of fused-ring (bicyclic) bond motifs is 1. The largest absolute Gasteiger partial charge is 0.382 e. The first-order valence-corrected chi connectivity index (χ1v) is 6.61. The lowest BCUT2D eigenvalue weighted by molar-refractivity contribution is 0.1000. The van der Waals surface area contributed by atoms with Crippen molar-refractivity contribution < 1.29 is 13.6 Å². The van der Waals surface area contributed by atoms with Gasteiger partial charge in [0.05, 0.1) is 12.2 Å². The lowest BCUT2D eigenvalue weighted by atomic mass is 9.89. The average Bonchev–Trinajstić information content (AvgIpc) is 2.79. The van der Waals surface area contributed by atoms with Crippen LogP contribution < -0.4 is 11.5 Å².